The van der Waals surface area contributed by atoms with E-state index in [1.807, 2.05) is 0 Å². The summed E-state index contributed by atoms with van der Waals surface area (Å²) in [5.41, 5.74) is 0. The fraction of sp³-hybridized carbons (Fsp3) is 1.00. The van der Waals surface area contributed by atoms with Crippen molar-refractivity contribution >= 4 is 15.9 Å². The number of unbranched alkanes of at least 4 members (excludes halogenated alkanes) is 33. The van der Waals surface area contributed by atoms with Gasteiger partial charge in [0, 0.05) is 11.9 Å². The van der Waals surface area contributed by atoms with E-state index in [-0.39, 0.29) is 0 Å². The van der Waals surface area contributed by atoms with E-state index in [0.29, 0.717) is 6.10 Å². The Morgan fingerprint density at radius 3 is 1.02 bits per heavy atom. The largest absolute Gasteiger partial charge is 0.378 e. The molecule has 0 heterocycles. The van der Waals surface area contributed by atoms with Crippen LogP contribution in [-0.2, 0) is 4.74 Å². The summed E-state index contributed by atoms with van der Waals surface area (Å²) in [7, 11) is 0. The van der Waals surface area contributed by atoms with Gasteiger partial charge in [0.05, 0.1) is 6.10 Å². The highest BCUT2D eigenvalue weighted by molar-refractivity contribution is 9.09. The number of rotatable bonds is 52. The van der Waals surface area contributed by atoms with E-state index in [9.17, 15) is 0 Å². The summed E-state index contributed by atoms with van der Waals surface area (Å²) in [6, 6.07) is 0. The maximum Gasteiger partial charge on any atom is 0.0575 e. The van der Waals surface area contributed by atoms with Crippen LogP contribution in [0.3, 0.4) is 0 Å². The lowest BCUT2D eigenvalue weighted by Crippen LogP contribution is -2.16. The first-order valence-electron chi connectivity index (χ1n) is 28.2. The minimum Gasteiger partial charge on any atom is -0.378 e. The van der Waals surface area contributed by atoms with Crippen molar-refractivity contribution in [2.45, 2.75) is 336 Å². The molecule has 0 saturated heterocycles. The van der Waals surface area contributed by atoms with Gasteiger partial charge in [-0.15, -0.1) is 0 Å². The molecule has 59 heavy (non-hydrogen) atoms. The maximum atomic E-state index is 6.60. The number of ether oxygens (including phenoxy) is 1. The Kier molecular flexibility index (Phi) is 51.5. The summed E-state index contributed by atoms with van der Waals surface area (Å²) in [5.74, 6) is 2.66. The van der Waals surface area contributed by atoms with Crippen LogP contribution in [0.4, 0.5) is 0 Å². The van der Waals surface area contributed by atoms with E-state index in [1.165, 1.54) is 295 Å². The standard InChI is InChI=1S/C57H115BrO/c1-6-8-10-12-14-16-18-20-22-24-26-28-30-32-34-37-46-56(47-38-35-33-31-29-27-25-23-21-19-17-15-13-11-9-7-2)48-39-40-49-57(59-53-42-36-41-52-58)51-50-55(5)45-43-44-54(3)4/h54-57H,6-53H2,1-5H3. The van der Waals surface area contributed by atoms with Crippen molar-refractivity contribution in [3.8, 4) is 0 Å². The Morgan fingerprint density at radius 2 is 0.644 bits per heavy atom. The Morgan fingerprint density at radius 1 is 0.305 bits per heavy atom. The smallest absolute Gasteiger partial charge is 0.0575 e. The number of hydrogen-bond donors (Lipinski definition) is 0. The molecule has 0 fully saturated rings. The molecule has 0 aromatic carbocycles. The molecule has 2 heteroatoms. The Balaban J connectivity index is 4.48. The van der Waals surface area contributed by atoms with Crippen LogP contribution in [0.1, 0.15) is 330 Å². The average molecular weight is 896 g/mol. The van der Waals surface area contributed by atoms with Crippen molar-refractivity contribution in [2.75, 3.05) is 11.9 Å². The van der Waals surface area contributed by atoms with Crippen LogP contribution in [0.5, 0.6) is 0 Å². The number of halogens is 1. The average Bonchev–Trinajstić information content (AvgIpc) is 3.23. The van der Waals surface area contributed by atoms with Gasteiger partial charge in [-0.3, -0.25) is 0 Å². The highest BCUT2D eigenvalue weighted by atomic mass is 79.9. The normalized spacial score (nSPS) is 13.0. The first-order chi connectivity index (χ1) is 29.0. The third kappa shape index (κ3) is 49.3. The minimum atomic E-state index is 0.491. The Bertz CT molecular complexity index is 700. The molecule has 0 amide bonds. The van der Waals surface area contributed by atoms with Crippen LogP contribution in [0.15, 0.2) is 0 Å². The lowest BCUT2D eigenvalue weighted by molar-refractivity contribution is 0.0333. The second kappa shape index (κ2) is 51.1. The van der Waals surface area contributed by atoms with E-state index in [2.05, 4.69) is 50.5 Å². The molecule has 0 aromatic heterocycles. The molecule has 0 aliphatic rings. The lowest BCUT2D eigenvalue weighted by atomic mass is 9.89. The van der Waals surface area contributed by atoms with Gasteiger partial charge >= 0.3 is 0 Å². The Labute approximate surface area is 384 Å². The summed E-state index contributed by atoms with van der Waals surface area (Å²) in [4.78, 5) is 0. The van der Waals surface area contributed by atoms with Crippen LogP contribution in [0, 0.1) is 17.8 Å². The minimum absolute atomic E-state index is 0.491. The van der Waals surface area contributed by atoms with Gasteiger partial charge in [0.1, 0.15) is 0 Å². The van der Waals surface area contributed by atoms with Gasteiger partial charge < -0.3 is 4.74 Å². The van der Waals surface area contributed by atoms with E-state index in [4.69, 9.17) is 4.74 Å². The molecule has 2 unspecified atom stereocenters. The van der Waals surface area contributed by atoms with Gasteiger partial charge in [0.15, 0.2) is 0 Å². The zero-order valence-electron chi connectivity index (χ0n) is 42.0. The molecule has 0 rings (SSSR count). The Hall–Kier alpha value is 0.440. The zero-order chi connectivity index (χ0) is 43.0. The molecule has 356 valence electrons. The van der Waals surface area contributed by atoms with Crippen LogP contribution in [0.2, 0.25) is 0 Å². The predicted molar refractivity (Wildman–Crippen MR) is 275 cm³/mol. The molecule has 0 aliphatic heterocycles. The molecule has 2 atom stereocenters. The van der Waals surface area contributed by atoms with E-state index in [0.717, 1.165) is 29.7 Å². The first kappa shape index (κ1) is 59.4. The SMILES string of the molecule is CCCCCCCCCCCCCCCCCCC(CCCCCCCCCCCCCCCCCC)CCCCC(CCC(C)CCCC(C)C)OCCCCCBr. The topological polar surface area (TPSA) is 9.23 Å². The fourth-order valence-corrected chi connectivity index (χ4v) is 10.0. The lowest BCUT2D eigenvalue weighted by Gasteiger charge is -2.21. The first-order valence-corrected chi connectivity index (χ1v) is 29.3. The zero-order valence-corrected chi connectivity index (χ0v) is 43.6. The quantitative estimate of drug-likeness (QED) is 0.0437. The van der Waals surface area contributed by atoms with Crippen molar-refractivity contribution in [2.24, 2.45) is 17.8 Å². The van der Waals surface area contributed by atoms with Crippen LogP contribution in [0.25, 0.3) is 0 Å². The van der Waals surface area contributed by atoms with Gasteiger partial charge in [0.25, 0.3) is 0 Å². The molecular weight excluding hydrogens is 781 g/mol. The second-order valence-corrected chi connectivity index (χ2v) is 21.4. The molecule has 0 aromatic rings. The highest BCUT2D eigenvalue weighted by Gasteiger charge is 2.14. The molecule has 0 bridgehead atoms. The van der Waals surface area contributed by atoms with Crippen LogP contribution < -0.4 is 0 Å². The van der Waals surface area contributed by atoms with Crippen molar-refractivity contribution < 1.29 is 4.74 Å². The van der Waals surface area contributed by atoms with Gasteiger partial charge in [-0.1, -0.05) is 314 Å². The van der Waals surface area contributed by atoms with Crippen molar-refractivity contribution in [3.05, 3.63) is 0 Å². The summed E-state index contributed by atoms with van der Waals surface area (Å²) < 4.78 is 6.60. The van der Waals surface area contributed by atoms with Crippen LogP contribution in [-0.4, -0.2) is 18.0 Å². The second-order valence-electron chi connectivity index (χ2n) is 20.6. The predicted octanol–water partition coefficient (Wildman–Crippen LogP) is 21.7. The molecular formula is C57H115BrO. The van der Waals surface area contributed by atoms with E-state index in [1.54, 1.807) is 0 Å². The molecule has 0 spiro atoms. The summed E-state index contributed by atoms with van der Waals surface area (Å²) in [6.07, 6.45) is 66.7. The van der Waals surface area contributed by atoms with E-state index < -0.39 is 0 Å². The highest BCUT2D eigenvalue weighted by Crippen LogP contribution is 2.27. The monoisotopic (exact) mass is 895 g/mol. The fourth-order valence-electron chi connectivity index (χ4n) is 9.62. The molecule has 0 aliphatic carbocycles. The van der Waals surface area contributed by atoms with Crippen LogP contribution >= 0.6 is 15.9 Å². The third-order valence-corrected chi connectivity index (χ3v) is 14.5. The molecule has 0 radical (unpaired) electrons. The van der Waals surface area contributed by atoms with Crippen molar-refractivity contribution in [1.82, 2.24) is 0 Å². The van der Waals surface area contributed by atoms with Crippen molar-refractivity contribution in [1.29, 1.82) is 0 Å². The van der Waals surface area contributed by atoms with Gasteiger partial charge in [-0.05, 0) is 49.9 Å². The molecule has 0 N–H and O–H groups in total. The van der Waals surface area contributed by atoms with Gasteiger partial charge in [-0.25, -0.2) is 0 Å². The number of hydrogen-bond acceptors (Lipinski definition) is 1. The van der Waals surface area contributed by atoms with Gasteiger partial charge in [-0.2, -0.15) is 0 Å². The maximum absolute atomic E-state index is 6.60. The summed E-state index contributed by atoms with van der Waals surface area (Å²) in [6.45, 7) is 12.9. The van der Waals surface area contributed by atoms with Gasteiger partial charge in [0.2, 0.25) is 0 Å². The van der Waals surface area contributed by atoms with Crippen molar-refractivity contribution in [3.63, 3.8) is 0 Å². The summed E-state index contributed by atoms with van der Waals surface area (Å²) in [5, 5.41) is 1.13. The van der Waals surface area contributed by atoms with E-state index >= 15 is 0 Å². The molecule has 1 nitrogen and oxygen atoms in total. The molecule has 0 saturated carbocycles. The summed E-state index contributed by atoms with van der Waals surface area (Å²) >= 11 is 3.61. The number of alkyl halides is 1. The third-order valence-electron chi connectivity index (χ3n) is 13.9.